The predicted octanol–water partition coefficient (Wildman–Crippen LogP) is 4.85. The van der Waals surface area contributed by atoms with E-state index < -0.39 is 65.8 Å². The highest BCUT2D eigenvalue weighted by Gasteiger charge is 2.70. The summed E-state index contributed by atoms with van der Waals surface area (Å²) >= 11 is 9.91. The number of hydrogen-bond acceptors (Lipinski definition) is 7. The molecule has 0 unspecified atom stereocenters. The Bertz CT molecular complexity index is 2140. The normalized spacial score (nSPS) is 27.2. The van der Waals surface area contributed by atoms with Crippen molar-refractivity contribution < 1.29 is 34.3 Å². The average Bonchev–Trinajstić information content (AvgIpc) is 3.50. The van der Waals surface area contributed by atoms with Crippen molar-refractivity contribution in [1.29, 1.82) is 0 Å². The number of nitrogens with zero attached hydrogens (tertiary/aromatic N) is 2. The van der Waals surface area contributed by atoms with E-state index in [1.165, 1.54) is 23.1 Å². The Hall–Kier alpha value is -4.55. The Labute approximate surface area is 301 Å². The van der Waals surface area contributed by atoms with Crippen LogP contribution in [0.25, 0.3) is 0 Å². The van der Waals surface area contributed by atoms with Gasteiger partial charge in [0.2, 0.25) is 23.6 Å². The first-order valence-electron chi connectivity index (χ1n) is 16.3. The molecule has 4 aromatic rings. The van der Waals surface area contributed by atoms with E-state index >= 15 is 4.79 Å². The molecule has 0 radical (unpaired) electrons. The summed E-state index contributed by atoms with van der Waals surface area (Å²) in [5.41, 5.74) is 0.846. The van der Waals surface area contributed by atoms with Gasteiger partial charge in [0.05, 0.1) is 34.5 Å². The van der Waals surface area contributed by atoms with Crippen LogP contribution in [-0.4, -0.2) is 45.9 Å². The van der Waals surface area contributed by atoms with Crippen LogP contribution in [0.2, 0.25) is 5.02 Å². The summed E-state index contributed by atoms with van der Waals surface area (Å²) in [6.07, 6.45) is 2.21. The lowest BCUT2D eigenvalue weighted by atomic mass is 9.49. The fraction of sp³-hybridized carbons (Fsp3) is 0.211. The first kappa shape index (κ1) is 32.6. The molecule has 1 saturated carbocycles. The van der Waals surface area contributed by atoms with Gasteiger partial charge >= 0.3 is 7.12 Å². The molecule has 3 fully saturated rings. The highest BCUT2D eigenvalue weighted by molar-refractivity contribution is 9.10. The number of halogens is 2. The van der Waals surface area contributed by atoms with Crippen LogP contribution in [0.5, 0.6) is 5.75 Å². The molecule has 4 amide bonds. The van der Waals surface area contributed by atoms with Crippen LogP contribution in [0.15, 0.2) is 113 Å². The van der Waals surface area contributed by atoms with E-state index in [-0.39, 0.29) is 29.7 Å². The zero-order valence-electron chi connectivity index (χ0n) is 26.3. The monoisotopic (exact) mass is 750 g/mol. The second-order valence-corrected chi connectivity index (χ2v) is 14.6. The van der Waals surface area contributed by atoms with Crippen LogP contribution in [-0.2, 0) is 24.6 Å². The Morgan fingerprint density at radius 3 is 2.22 bits per heavy atom. The molecule has 12 heteroatoms. The minimum absolute atomic E-state index is 0.0767. The van der Waals surface area contributed by atoms with Crippen molar-refractivity contribution >= 4 is 75.1 Å². The van der Waals surface area contributed by atoms with E-state index in [0.29, 0.717) is 31.9 Å². The van der Waals surface area contributed by atoms with Gasteiger partial charge in [0, 0.05) is 21.0 Å². The van der Waals surface area contributed by atoms with Gasteiger partial charge in [0.15, 0.2) is 0 Å². The number of fused-ring (bicyclic) bond motifs is 4. The van der Waals surface area contributed by atoms with E-state index in [2.05, 4.69) is 15.9 Å². The number of phenolic OH excluding ortho intramolecular Hbond substituents is 1. The van der Waals surface area contributed by atoms with Crippen LogP contribution in [0, 0.1) is 23.7 Å². The molecule has 250 valence electrons. The van der Waals surface area contributed by atoms with Gasteiger partial charge in [0.25, 0.3) is 0 Å². The smallest absolute Gasteiger partial charge is 0.488 e. The Kier molecular flexibility index (Phi) is 7.87. The molecule has 2 heterocycles. The SMILES string of the molecule is O=C1[C@H]2[C@H](CC=C3[C@H]2C[C@H]2C(=O)N(c4cccc(Cl)c4)C(=O)[C@@]2(c2ccccc2)[C@H]3c2cc(Br)ccc2O)C(=O)N1c1cccc(B(O)O)c1. The fourth-order valence-electron chi connectivity index (χ4n) is 8.92. The Morgan fingerprint density at radius 2 is 1.50 bits per heavy atom. The van der Waals surface area contributed by atoms with Gasteiger partial charge in [-0.25, -0.2) is 4.90 Å². The Morgan fingerprint density at radius 1 is 0.780 bits per heavy atom. The third kappa shape index (κ3) is 4.67. The molecule has 4 aromatic carbocycles. The standard InChI is InChI=1S/C38H29BBrClN2O7/c40-22-12-15-31(44)29(17-22)33-26-13-14-27-32(36(47)42(34(27)45)24-10-4-8-21(16-24)39(49)50)28(26)19-30-35(46)43(25-11-5-9-23(41)18-25)37(48)38(30,33)20-6-2-1-3-7-20/h1-13,15-18,27-28,30,32-33,44,49-50H,14,19H2/t27-,28+,30-,32-,33+,38+/m0/s1. The maximum absolute atomic E-state index is 15.3. The lowest BCUT2D eigenvalue weighted by Crippen LogP contribution is -2.53. The molecule has 9 nitrogen and oxygen atoms in total. The van der Waals surface area contributed by atoms with Crippen LogP contribution >= 0.6 is 27.5 Å². The minimum Gasteiger partial charge on any atom is -0.508 e. The molecule has 50 heavy (non-hydrogen) atoms. The number of aromatic hydroxyl groups is 1. The second kappa shape index (κ2) is 12.1. The number of imide groups is 2. The highest BCUT2D eigenvalue weighted by Crippen LogP contribution is 2.65. The summed E-state index contributed by atoms with van der Waals surface area (Å²) in [5.74, 6) is -6.00. The summed E-state index contributed by atoms with van der Waals surface area (Å²) < 4.78 is 0.647. The van der Waals surface area contributed by atoms with Crippen molar-refractivity contribution in [2.45, 2.75) is 24.2 Å². The number of allylic oxidation sites excluding steroid dienone is 2. The van der Waals surface area contributed by atoms with Gasteiger partial charge in [-0.05, 0) is 78.3 Å². The fourth-order valence-corrected chi connectivity index (χ4v) is 9.49. The summed E-state index contributed by atoms with van der Waals surface area (Å²) in [4.78, 5) is 60.9. The van der Waals surface area contributed by atoms with Crippen LogP contribution < -0.4 is 15.3 Å². The molecule has 6 atom stereocenters. The number of amides is 4. The van der Waals surface area contributed by atoms with E-state index in [0.717, 1.165) is 4.90 Å². The Balaban J connectivity index is 1.35. The summed E-state index contributed by atoms with van der Waals surface area (Å²) in [5, 5.41) is 31.5. The number of hydrogen-bond donors (Lipinski definition) is 3. The third-order valence-corrected chi connectivity index (χ3v) is 11.6. The lowest BCUT2D eigenvalue weighted by molar-refractivity contribution is -0.127. The number of anilines is 2. The minimum atomic E-state index is -1.80. The number of phenols is 1. The molecule has 2 aliphatic heterocycles. The zero-order chi connectivity index (χ0) is 35.1. The largest absolute Gasteiger partial charge is 0.508 e. The first-order valence-corrected chi connectivity index (χ1v) is 17.4. The maximum Gasteiger partial charge on any atom is 0.488 e. The van der Waals surface area contributed by atoms with Crippen LogP contribution in [0.3, 0.4) is 0 Å². The topological polar surface area (TPSA) is 135 Å². The van der Waals surface area contributed by atoms with Crippen molar-refractivity contribution in [3.05, 3.63) is 129 Å². The van der Waals surface area contributed by atoms with Crippen molar-refractivity contribution in [2.75, 3.05) is 9.80 Å². The molecule has 2 aliphatic carbocycles. The highest BCUT2D eigenvalue weighted by atomic mass is 79.9. The van der Waals surface area contributed by atoms with Gasteiger partial charge < -0.3 is 15.2 Å². The quantitative estimate of drug-likeness (QED) is 0.151. The first-order chi connectivity index (χ1) is 24.0. The van der Waals surface area contributed by atoms with Crippen molar-refractivity contribution in [1.82, 2.24) is 0 Å². The maximum atomic E-state index is 15.3. The summed E-state index contributed by atoms with van der Waals surface area (Å²) in [6.45, 7) is 0. The molecule has 0 bridgehead atoms. The molecule has 0 aromatic heterocycles. The van der Waals surface area contributed by atoms with E-state index in [9.17, 15) is 29.5 Å². The van der Waals surface area contributed by atoms with E-state index in [1.54, 1.807) is 48.5 Å². The number of carbonyl (C=O) groups excluding carboxylic acids is 4. The lowest BCUT2D eigenvalue weighted by Gasteiger charge is -2.50. The molecule has 8 rings (SSSR count). The van der Waals surface area contributed by atoms with E-state index in [4.69, 9.17) is 11.6 Å². The molecule has 4 aliphatic rings. The molecule has 2 saturated heterocycles. The third-order valence-electron chi connectivity index (χ3n) is 10.9. The number of benzene rings is 4. The van der Waals surface area contributed by atoms with Gasteiger partial charge in [-0.15, -0.1) is 0 Å². The van der Waals surface area contributed by atoms with Crippen molar-refractivity contribution in [3.8, 4) is 5.75 Å². The predicted molar refractivity (Wildman–Crippen MR) is 191 cm³/mol. The number of carbonyl (C=O) groups is 4. The second-order valence-electron chi connectivity index (χ2n) is 13.3. The van der Waals surface area contributed by atoms with Gasteiger partial charge in [0.1, 0.15) is 5.75 Å². The van der Waals surface area contributed by atoms with Gasteiger partial charge in [-0.2, -0.15) is 0 Å². The summed E-state index contributed by atoms with van der Waals surface area (Å²) in [6, 6.07) is 26.6. The molecule has 0 spiro atoms. The zero-order valence-corrected chi connectivity index (χ0v) is 28.7. The molecular formula is C38H29BBrClN2O7. The van der Waals surface area contributed by atoms with Gasteiger partial charge in [-0.1, -0.05) is 87.7 Å². The number of rotatable bonds is 5. The molecular weight excluding hydrogens is 723 g/mol. The van der Waals surface area contributed by atoms with Crippen molar-refractivity contribution in [3.63, 3.8) is 0 Å². The van der Waals surface area contributed by atoms with Crippen molar-refractivity contribution in [2.24, 2.45) is 23.7 Å². The summed E-state index contributed by atoms with van der Waals surface area (Å²) in [7, 11) is -1.80. The molecule has 3 N–H and O–H groups in total. The van der Waals surface area contributed by atoms with Gasteiger partial charge in [-0.3, -0.25) is 24.1 Å². The average molecular weight is 752 g/mol. The van der Waals surface area contributed by atoms with E-state index in [1.807, 2.05) is 36.4 Å². The van der Waals surface area contributed by atoms with Crippen LogP contribution in [0.4, 0.5) is 11.4 Å². The van der Waals surface area contributed by atoms with Crippen LogP contribution in [0.1, 0.15) is 29.9 Å².